The highest BCUT2D eigenvalue weighted by molar-refractivity contribution is 5.86. The molecule has 1 unspecified atom stereocenters. The summed E-state index contributed by atoms with van der Waals surface area (Å²) in [7, 11) is 0. The van der Waals surface area contributed by atoms with Gasteiger partial charge in [-0.25, -0.2) is 0 Å². The number of rotatable bonds is 0. The van der Waals surface area contributed by atoms with Crippen LogP contribution in [0.2, 0.25) is 0 Å². The van der Waals surface area contributed by atoms with Crippen LogP contribution in [0, 0.1) is 5.92 Å². The van der Waals surface area contributed by atoms with Gasteiger partial charge in [0.05, 0.1) is 5.71 Å². The summed E-state index contributed by atoms with van der Waals surface area (Å²) >= 11 is 0. The van der Waals surface area contributed by atoms with Gasteiger partial charge >= 0.3 is 0 Å². The van der Waals surface area contributed by atoms with E-state index in [1.165, 1.54) is 0 Å². The van der Waals surface area contributed by atoms with Crippen LogP contribution in [0.1, 0.15) is 32.6 Å². The summed E-state index contributed by atoms with van der Waals surface area (Å²) in [6.07, 6.45) is 8.52. The SMILES string of the molecule is CC1CC/C=C\CC/C1=N/O. The van der Waals surface area contributed by atoms with Crippen LogP contribution in [0.5, 0.6) is 0 Å². The Morgan fingerprint density at radius 1 is 1.45 bits per heavy atom. The van der Waals surface area contributed by atoms with Crippen molar-refractivity contribution in [2.75, 3.05) is 0 Å². The van der Waals surface area contributed by atoms with E-state index in [9.17, 15) is 0 Å². The lowest BCUT2D eigenvalue weighted by molar-refractivity contribution is 0.313. The normalized spacial score (nSPS) is 32.8. The zero-order chi connectivity index (χ0) is 8.10. The first-order valence-electron chi connectivity index (χ1n) is 4.20. The van der Waals surface area contributed by atoms with Crippen LogP contribution in [0.3, 0.4) is 0 Å². The highest BCUT2D eigenvalue weighted by Gasteiger charge is 2.10. The molecule has 11 heavy (non-hydrogen) atoms. The minimum atomic E-state index is 0.449. The van der Waals surface area contributed by atoms with Crippen molar-refractivity contribution < 1.29 is 5.21 Å². The van der Waals surface area contributed by atoms with Gasteiger partial charge in [0.1, 0.15) is 0 Å². The molecule has 0 saturated heterocycles. The highest BCUT2D eigenvalue weighted by Crippen LogP contribution is 2.15. The molecular formula is C9H15NO. The van der Waals surface area contributed by atoms with Gasteiger partial charge in [0.15, 0.2) is 0 Å². The maximum atomic E-state index is 8.64. The second kappa shape index (κ2) is 4.16. The second-order valence-electron chi connectivity index (χ2n) is 3.08. The first kappa shape index (κ1) is 8.31. The molecule has 0 radical (unpaired) electrons. The summed E-state index contributed by atoms with van der Waals surface area (Å²) in [5.74, 6) is 0.449. The minimum Gasteiger partial charge on any atom is -0.411 e. The van der Waals surface area contributed by atoms with E-state index in [1.807, 2.05) is 0 Å². The minimum absolute atomic E-state index is 0.449. The Balaban J connectivity index is 2.58. The van der Waals surface area contributed by atoms with Gasteiger partial charge in [0.2, 0.25) is 0 Å². The number of hydrogen-bond donors (Lipinski definition) is 1. The molecule has 0 aromatic heterocycles. The zero-order valence-corrected chi connectivity index (χ0v) is 6.95. The van der Waals surface area contributed by atoms with E-state index in [4.69, 9.17) is 5.21 Å². The monoisotopic (exact) mass is 153 g/mol. The Morgan fingerprint density at radius 3 is 2.91 bits per heavy atom. The number of allylic oxidation sites excluding steroid dienone is 2. The van der Waals surface area contributed by atoms with Crippen molar-refractivity contribution in [1.29, 1.82) is 0 Å². The van der Waals surface area contributed by atoms with E-state index in [0.717, 1.165) is 31.4 Å². The Hall–Kier alpha value is -0.790. The van der Waals surface area contributed by atoms with Crippen molar-refractivity contribution in [3.05, 3.63) is 12.2 Å². The number of oxime groups is 1. The molecule has 1 rings (SSSR count). The molecule has 62 valence electrons. The van der Waals surface area contributed by atoms with Crippen molar-refractivity contribution in [2.45, 2.75) is 32.6 Å². The van der Waals surface area contributed by atoms with Gasteiger partial charge < -0.3 is 5.21 Å². The highest BCUT2D eigenvalue weighted by atomic mass is 16.4. The second-order valence-corrected chi connectivity index (χ2v) is 3.08. The van der Waals surface area contributed by atoms with Crippen molar-refractivity contribution in [1.82, 2.24) is 0 Å². The lowest BCUT2D eigenvalue weighted by atomic mass is 9.94. The van der Waals surface area contributed by atoms with Crippen LogP contribution in [0.15, 0.2) is 17.3 Å². The van der Waals surface area contributed by atoms with Crippen LogP contribution in [-0.2, 0) is 0 Å². The number of nitrogens with zero attached hydrogens (tertiary/aromatic N) is 1. The fourth-order valence-corrected chi connectivity index (χ4v) is 1.37. The molecule has 0 spiro atoms. The largest absolute Gasteiger partial charge is 0.411 e. The molecule has 0 aromatic carbocycles. The van der Waals surface area contributed by atoms with E-state index in [0.29, 0.717) is 5.92 Å². The molecule has 0 aliphatic heterocycles. The molecule has 2 nitrogen and oxygen atoms in total. The molecule has 1 aliphatic rings. The summed E-state index contributed by atoms with van der Waals surface area (Å²) in [6.45, 7) is 2.12. The first-order valence-corrected chi connectivity index (χ1v) is 4.20. The van der Waals surface area contributed by atoms with E-state index in [2.05, 4.69) is 24.2 Å². The summed E-state index contributed by atoms with van der Waals surface area (Å²) in [5, 5.41) is 12.0. The zero-order valence-electron chi connectivity index (χ0n) is 6.95. The van der Waals surface area contributed by atoms with Crippen molar-refractivity contribution in [3.63, 3.8) is 0 Å². The smallest absolute Gasteiger partial charge is 0.0602 e. The number of hydrogen-bond acceptors (Lipinski definition) is 2. The molecule has 0 heterocycles. The molecule has 0 fully saturated rings. The summed E-state index contributed by atoms with van der Waals surface area (Å²) in [4.78, 5) is 0. The Morgan fingerprint density at radius 2 is 2.18 bits per heavy atom. The Bertz CT molecular complexity index is 172. The third kappa shape index (κ3) is 2.37. The van der Waals surface area contributed by atoms with E-state index in [-0.39, 0.29) is 0 Å². The molecule has 2 heteroatoms. The first-order chi connectivity index (χ1) is 5.34. The predicted octanol–water partition coefficient (Wildman–Crippen LogP) is 2.58. The fourth-order valence-electron chi connectivity index (χ4n) is 1.37. The topological polar surface area (TPSA) is 32.6 Å². The van der Waals surface area contributed by atoms with Crippen LogP contribution in [0.25, 0.3) is 0 Å². The molecular weight excluding hydrogens is 138 g/mol. The molecule has 1 aliphatic carbocycles. The third-order valence-corrected chi connectivity index (χ3v) is 2.20. The van der Waals surface area contributed by atoms with Crippen molar-refractivity contribution in [3.8, 4) is 0 Å². The van der Waals surface area contributed by atoms with Crippen molar-refractivity contribution >= 4 is 5.71 Å². The van der Waals surface area contributed by atoms with Crippen LogP contribution < -0.4 is 0 Å². The maximum absolute atomic E-state index is 8.64. The standard InChI is InChI=1S/C9H15NO/c1-8-6-4-2-3-5-7-9(8)10-11/h2-3,8,11H,4-7H2,1H3/b3-2-,10-9-. The van der Waals surface area contributed by atoms with Gasteiger partial charge in [-0.2, -0.15) is 0 Å². The predicted molar refractivity (Wildman–Crippen MR) is 46.0 cm³/mol. The lowest BCUT2D eigenvalue weighted by Gasteiger charge is -2.13. The van der Waals surface area contributed by atoms with Gasteiger partial charge in [-0.05, 0) is 31.6 Å². The quantitative estimate of drug-likeness (QED) is 0.324. The van der Waals surface area contributed by atoms with E-state index >= 15 is 0 Å². The van der Waals surface area contributed by atoms with Crippen molar-refractivity contribution in [2.24, 2.45) is 11.1 Å². The average molecular weight is 153 g/mol. The molecule has 0 aromatic rings. The summed E-state index contributed by atoms with van der Waals surface area (Å²) < 4.78 is 0. The molecule has 0 bridgehead atoms. The third-order valence-electron chi connectivity index (χ3n) is 2.20. The lowest BCUT2D eigenvalue weighted by Crippen LogP contribution is -2.11. The fraction of sp³-hybridized carbons (Fsp3) is 0.667. The van der Waals surface area contributed by atoms with Crippen LogP contribution >= 0.6 is 0 Å². The van der Waals surface area contributed by atoms with E-state index in [1.54, 1.807) is 0 Å². The summed E-state index contributed by atoms with van der Waals surface area (Å²) in [5.41, 5.74) is 0.953. The molecule has 0 saturated carbocycles. The van der Waals surface area contributed by atoms with Gasteiger partial charge in [-0.1, -0.05) is 24.2 Å². The molecule has 1 N–H and O–H groups in total. The van der Waals surface area contributed by atoms with Gasteiger partial charge in [-0.3, -0.25) is 0 Å². The van der Waals surface area contributed by atoms with Crippen LogP contribution in [-0.4, -0.2) is 10.9 Å². The summed E-state index contributed by atoms with van der Waals surface area (Å²) in [6, 6.07) is 0. The van der Waals surface area contributed by atoms with E-state index < -0.39 is 0 Å². The Kier molecular flexibility index (Phi) is 3.14. The Labute approximate surface area is 67.6 Å². The van der Waals surface area contributed by atoms with Gasteiger partial charge in [-0.15, -0.1) is 0 Å². The maximum Gasteiger partial charge on any atom is 0.0602 e. The molecule has 1 atom stereocenters. The van der Waals surface area contributed by atoms with Gasteiger partial charge in [0, 0.05) is 0 Å². The van der Waals surface area contributed by atoms with Gasteiger partial charge in [0.25, 0.3) is 0 Å². The average Bonchev–Trinajstić information content (AvgIpc) is 1.98. The van der Waals surface area contributed by atoms with Crippen LogP contribution in [0.4, 0.5) is 0 Å². The molecule has 0 amide bonds.